The number of benzene rings is 5. The Kier molecular flexibility index (Phi) is 4.78. The van der Waals surface area contributed by atoms with Gasteiger partial charge in [-0.3, -0.25) is 8.97 Å². The number of nitrogens with zero attached hydrogens (tertiary/aromatic N) is 4. The molecule has 8 aromatic rings. The molecule has 5 heteroatoms. The van der Waals surface area contributed by atoms with Crippen molar-refractivity contribution in [3.63, 3.8) is 0 Å². The maximum absolute atomic E-state index is 5.26. The second-order valence-electron chi connectivity index (χ2n) is 10.5. The van der Waals surface area contributed by atoms with Crippen molar-refractivity contribution in [3.05, 3.63) is 115 Å². The van der Waals surface area contributed by atoms with Crippen LogP contribution in [0, 0.1) is 0 Å². The van der Waals surface area contributed by atoms with Crippen LogP contribution in [-0.4, -0.2) is 27.7 Å². The van der Waals surface area contributed by atoms with Gasteiger partial charge in [-0.1, -0.05) is 91.1 Å². The van der Waals surface area contributed by atoms with E-state index in [1.165, 1.54) is 27.1 Å². The highest BCUT2D eigenvalue weighted by Gasteiger charge is 2.20. The molecule has 0 saturated carbocycles. The van der Waals surface area contributed by atoms with E-state index in [0.29, 0.717) is 0 Å². The van der Waals surface area contributed by atoms with Crippen LogP contribution < -0.4 is 5.19 Å². The van der Waals surface area contributed by atoms with Gasteiger partial charge in [0.2, 0.25) is 5.95 Å². The number of para-hydroxylation sites is 4. The Bertz CT molecular complexity index is 2200. The van der Waals surface area contributed by atoms with Crippen LogP contribution in [-0.2, 0) is 0 Å². The summed E-state index contributed by atoms with van der Waals surface area (Å²) in [7, 11) is -0.818. The first kappa shape index (κ1) is 22.3. The smallest absolute Gasteiger partial charge is 0.221 e. The third kappa shape index (κ3) is 3.30. The lowest BCUT2D eigenvalue weighted by Gasteiger charge is -2.12. The van der Waals surface area contributed by atoms with Crippen molar-refractivity contribution >= 4 is 63.4 Å². The molecule has 5 aromatic carbocycles. The molecule has 0 radical (unpaired) electrons. The van der Waals surface area contributed by atoms with Gasteiger partial charge in [-0.2, -0.15) is 0 Å². The molecule has 0 aliphatic heterocycles. The average molecular weight is 519 g/mol. The van der Waals surface area contributed by atoms with Crippen LogP contribution in [0.25, 0.3) is 66.5 Å². The van der Waals surface area contributed by atoms with E-state index in [0.717, 1.165) is 44.6 Å². The molecule has 0 spiro atoms. The molecule has 0 atom stereocenters. The van der Waals surface area contributed by atoms with E-state index < -0.39 is 8.80 Å². The first-order chi connectivity index (χ1) is 19.2. The third-order valence-corrected chi connectivity index (χ3v) is 9.63. The van der Waals surface area contributed by atoms with Crippen LogP contribution in [0.4, 0.5) is 0 Å². The molecule has 3 heterocycles. The van der Waals surface area contributed by atoms with Gasteiger partial charge in [0.1, 0.15) is 5.65 Å². The van der Waals surface area contributed by atoms with E-state index in [9.17, 15) is 0 Å². The van der Waals surface area contributed by atoms with Crippen molar-refractivity contribution < 1.29 is 0 Å². The highest BCUT2D eigenvalue weighted by molar-refractivity contribution is 6.70. The SMILES string of the molecule is C[SiH](C)c1ccc(-c2ccc3c(c2)c2ccccc2n3-c2nc3ccccc3c3nc4ccccc4n23)cc1. The van der Waals surface area contributed by atoms with Crippen molar-refractivity contribution in [1.29, 1.82) is 0 Å². The minimum absolute atomic E-state index is 0.818. The van der Waals surface area contributed by atoms with Crippen LogP contribution in [0.2, 0.25) is 13.1 Å². The zero-order valence-corrected chi connectivity index (χ0v) is 23.0. The van der Waals surface area contributed by atoms with E-state index in [1.807, 2.05) is 12.1 Å². The molecule has 0 bridgehead atoms. The van der Waals surface area contributed by atoms with Crippen molar-refractivity contribution in [1.82, 2.24) is 18.9 Å². The van der Waals surface area contributed by atoms with E-state index >= 15 is 0 Å². The Morgan fingerprint density at radius 1 is 0.538 bits per heavy atom. The standard InChI is InChI=1S/C34H26N4Si/c1-39(2)24-18-15-22(16-19-24)23-17-20-31-27(21-23)25-9-4-7-13-30(25)37(31)34-36-28-11-5-3-10-26(28)33-35-29-12-6-8-14-32(29)38(33)34/h3-21,39H,1-2H3. The summed E-state index contributed by atoms with van der Waals surface area (Å²) in [4.78, 5) is 10.3. The van der Waals surface area contributed by atoms with E-state index in [-0.39, 0.29) is 0 Å². The number of imidazole rings is 1. The lowest BCUT2D eigenvalue weighted by molar-refractivity contribution is 0.979. The number of fused-ring (bicyclic) bond motifs is 8. The summed E-state index contributed by atoms with van der Waals surface area (Å²) in [6, 6.07) is 41.2. The fourth-order valence-corrected chi connectivity index (χ4v) is 6.87. The minimum atomic E-state index is -0.818. The minimum Gasteiger partial charge on any atom is -0.279 e. The highest BCUT2D eigenvalue weighted by Crippen LogP contribution is 2.36. The van der Waals surface area contributed by atoms with Crippen molar-refractivity contribution in [2.45, 2.75) is 13.1 Å². The van der Waals surface area contributed by atoms with Gasteiger partial charge >= 0.3 is 0 Å². The predicted octanol–water partition coefficient (Wildman–Crippen LogP) is 7.49. The van der Waals surface area contributed by atoms with E-state index in [1.54, 1.807) is 0 Å². The second kappa shape index (κ2) is 8.38. The topological polar surface area (TPSA) is 35.1 Å². The Balaban J connectivity index is 1.46. The zero-order valence-electron chi connectivity index (χ0n) is 21.8. The molecule has 0 aliphatic carbocycles. The summed E-state index contributed by atoms with van der Waals surface area (Å²) in [5.41, 5.74) is 8.62. The fourth-order valence-electron chi connectivity index (χ4n) is 5.91. The predicted molar refractivity (Wildman–Crippen MR) is 166 cm³/mol. The Labute approximate surface area is 227 Å². The lowest BCUT2D eigenvalue weighted by atomic mass is 10.0. The van der Waals surface area contributed by atoms with Gasteiger partial charge in [0.25, 0.3) is 0 Å². The molecule has 0 N–H and O–H groups in total. The number of hydrogen-bond donors (Lipinski definition) is 0. The van der Waals surface area contributed by atoms with Crippen molar-refractivity contribution in [3.8, 4) is 17.1 Å². The Morgan fingerprint density at radius 3 is 1.97 bits per heavy atom. The molecule has 4 nitrogen and oxygen atoms in total. The van der Waals surface area contributed by atoms with Crippen molar-refractivity contribution in [2.24, 2.45) is 0 Å². The molecule has 39 heavy (non-hydrogen) atoms. The molecule has 186 valence electrons. The number of hydrogen-bond acceptors (Lipinski definition) is 2. The molecule has 0 saturated heterocycles. The summed E-state index contributed by atoms with van der Waals surface area (Å²) in [5.74, 6) is 0.850. The summed E-state index contributed by atoms with van der Waals surface area (Å²) >= 11 is 0. The fraction of sp³-hybridized carbons (Fsp3) is 0.0588. The first-order valence-electron chi connectivity index (χ1n) is 13.5. The van der Waals surface area contributed by atoms with Crippen LogP contribution in [0.1, 0.15) is 0 Å². The van der Waals surface area contributed by atoms with Crippen LogP contribution in [0.3, 0.4) is 0 Å². The summed E-state index contributed by atoms with van der Waals surface area (Å²) in [6.45, 7) is 4.74. The van der Waals surface area contributed by atoms with Crippen molar-refractivity contribution in [2.75, 3.05) is 0 Å². The second-order valence-corrected chi connectivity index (χ2v) is 13.5. The van der Waals surface area contributed by atoms with Gasteiger partial charge in [-0.05, 0) is 53.6 Å². The number of aromatic nitrogens is 4. The third-order valence-electron chi connectivity index (χ3n) is 7.91. The van der Waals surface area contributed by atoms with Gasteiger partial charge in [-0.25, -0.2) is 9.97 Å². The molecule has 0 unspecified atom stereocenters. The van der Waals surface area contributed by atoms with Crippen LogP contribution >= 0.6 is 0 Å². The summed E-state index contributed by atoms with van der Waals surface area (Å²) in [6.07, 6.45) is 0. The molecular formula is C34H26N4Si. The van der Waals surface area contributed by atoms with Gasteiger partial charge in [0.05, 0.1) is 36.4 Å². The maximum atomic E-state index is 5.26. The quantitative estimate of drug-likeness (QED) is 0.227. The van der Waals surface area contributed by atoms with Crippen LogP contribution in [0.15, 0.2) is 115 Å². The van der Waals surface area contributed by atoms with Crippen LogP contribution in [0.5, 0.6) is 0 Å². The molecule has 0 aliphatic rings. The molecule has 0 amide bonds. The molecule has 8 rings (SSSR count). The Morgan fingerprint density at radius 2 is 1.18 bits per heavy atom. The monoisotopic (exact) mass is 518 g/mol. The van der Waals surface area contributed by atoms with Gasteiger partial charge < -0.3 is 0 Å². The number of rotatable bonds is 3. The van der Waals surface area contributed by atoms with Gasteiger partial charge in [0.15, 0.2) is 0 Å². The highest BCUT2D eigenvalue weighted by atomic mass is 28.3. The molecular weight excluding hydrogens is 492 g/mol. The summed E-state index contributed by atoms with van der Waals surface area (Å²) < 4.78 is 4.52. The normalized spacial score (nSPS) is 12.1. The molecule has 3 aromatic heterocycles. The first-order valence-corrected chi connectivity index (χ1v) is 16.4. The van der Waals surface area contributed by atoms with Gasteiger partial charge in [0, 0.05) is 16.2 Å². The van der Waals surface area contributed by atoms with E-state index in [4.69, 9.17) is 9.97 Å². The zero-order chi connectivity index (χ0) is 26.1. The average Bonchev–Trinajstić information content (AvgIpc) is 3.53. The summed E-state index contributed by atoms with van der Waals surface area (Å²) in [5, 5.41) is 4.98. The van der Waals surface area contributed by atoms with E-state index in [2.05, 4.69) is 125 Å². The Hall–Kier alpha value is -4.74. The lowest BCUT2D eigenvalue weighted by Crippen LogP contribution is -2.21. The van der Waals surface area contributed by atoms with Gasteiger partial charge in [-0.15, -0.1) is 0 Å². The molecule has 0 fully saturated rings. The largest absolute Gasteiger partial charge is 0.279 e. The maximum Gasteiger partial charge on any atom is 0.221 e.